The van der Waals surface area contributed by atoms with Crippen LogP contribution in [-0.4, -0.2) is 16.1 Å². The van der Waals surface area contributed by atoms with Gasteiger partial charge in [-0.1, -0.05) is 17.7 Å². The van der Waals surface area contributed by atoms with E-state index in [4.69, 9.17) is 11.6 Å². The fourth-order valence-corrected chi connectivity index (χ4v) is 2.24. The van der Waals surface area contributed by atoms with E-state index in [2.05, 4.69) is 0 Å². The molecule has 92 valence electrons. The van der Waals surface area contributed by atoms with Gasteiger partial charge in [0.15, 0.2) is 0 Å². The lowest BCUT2D eigenvalue weighted by Gasteiger charge is -2.10. The van der Waals surface area contributed by atoms with Gasteiger partial charge in [-0.25, -0.2) is 0 Å². The Bertz CT molecular complexity index is 432. The van der Waals surface area contributed by atoms with E-state index >= 15 is 0 Å². The van der Waals surface area contributed by atoms with Crippen molar-refractivity contribution in [3.8, 4) is 0 Å². The minimum atomic E-state index is -0.426. The highest BCUT2D eigenvalue weighted by atomic mass is 35.5. The molecule has 0 bridgehead atoms. The number of aliphatic hydroxyl groups excluding tert-OH is 1. The molecule has 1 aromatic carbocycles. The van der Waals surface area contributed by atoms with E-state index in [-0.39, 0.29) is 11.8 Å². The van der Waals surface area contributed by atoms with Gasteiger partial charge in [-0.15, -0.1) is 0 Å². The van der Waals surface area contributed by atoms with E-state index < -0.39 is 4.92 Å². The van der Waals surface area contributed by atoms with Crippen molar-refractivity contribution in [1.29, 1.82) is 0 Å². The first-order valence-electron chi connectivity index (χ1n) is 5.69. The minimum absolute atomic E-state index is 0.0421. The Labute approximate surface area is 104 Å². The number of nitro groups is 1. The van der Waals surface area contributed by atoms with Gasteiger partial charge in [-0.05, 0) is 37.7 Å². The fourth-order valence-electron chi connectivity index (χ4n) is 1.97. The highest BCUT2D eigenvalue weighted by Gasteiger charge is 2.30. The van der Waals surface area contributed by atoms with Gasteiger partial charge in [-0.3, -0.25) is 10.1 Å². The summed E-state index contributed by atoms with van der Waals surface area (Å²) in [7, 11) is 0. The van der Waals surface area contributed by atoms with Gasteiger partial charge in [-0.2, -0.15) is 0 Å². The highest BCUT2D eigenvalue weighted by molar-refractivity contribution is 6.31. The van der Waals surface area contributed by atoms with Crippen molar-refractivity contribution in [2.24, 2.45) is 5.92 Å². The summed E-state index contributed by atoms with van der Waals surface area (Å²) in [4.78, 5) is 10.4. The Morgan fingerprint density at radius 3 is 2.82 bits per heavy atom. The van der Waals surface area contributed by atoms with Crippen molar-refractivity contribution < 1.29 is 10.0 Å². The fraction of sp³-hybridized carbons (Fsp3) is 0.500. The molecule has 1 aliphatic rings. The van der Waals surface area contributed by atoms with E-state index in [1.807, 2.05) is 0 Å². The molecule has 0 saturated heterocycles. The summed E-state index contributed by atoms with van der Waals surface area (Å²) >= 11 is 5.97. The Morgan fingerprint density at radius 1 is 1.53 bits per heavy atom. The zero-order chi connectivity index (χ0) is 12.4. The lowest BCUT2D eigenvalue weighted by Crippen LogP contribution is -2.11. The molecule has 0 heterocycles. The van der Waals surface area contributed by atoms with Crippen molar-refractivity contribution in [2.75, 3.05) is 0 Å². The largest absolute Gasteiger partial charge is 0.393 e. The number of rotatable bonds is 5. The standard InChI is InChI=1S/C12H14ClNO3/c13-10-2-1-3-11(14(16)17)9(10)6-7-12(15)8-4-5-8/h1-3,8,12,15H,4-7H2. The number of halogens is 1. The summed E-state index contributed by atoms with van der Waals surface area (Å²) in [6.45, 7) is 0. The molecule has 0 amide bonds. The molecular formula is C12H14ClNO3. The topological polar surface area (TPSA) is 63.4 Å². The number of hydrogen-bond acceptors (Lipinski definition) is 3. The Morgan fingerprint density at radius 2 is 2.24 bits per heavy atom. The average Bonchev–Trinajstić information content (AvgIpc) is 3.10. The Balaban J connectivity index is 2.10. The molecule has 1 aliphatic carbocycles. The van der Waals surface area contributed by atoms with Gasteiger partial charge >= 0.3 is 0 Å². The third kappa shape index (κ3) is 2.96. The Hall–Kier alpha value is -1.13. The monoisotopic (exact) mass is 255 g/mol. The summed E-state index contributed by atoms with van der Waals surface area (Å²) in [5.41, 5.74) is 0.569. The predicted molar refractivity (Wildman–Crippen MR) is 65.2 cm³/mol. The molecule has 0 aliphatic heterocycles. The first-order valence-corrected chi connectivity index (χ1v) is 6.07. The van der Waals surface area contributed by atoms with Gasteiger partial charge in [0.05, 0.1) is 16.0 Å². The van der Waals surface area contributed by atoms with Crippen LogP contribution in [0.3, 0.4) is 0 Å². The molecule has 1 N–H and O–H groups in total. The highest BCUT2D eigenvalue weighted by Crippen LogP contribution is 2.35. The summed E-state index contributed by atoms with van der Waals surface area (Å²) in [5.74, 6) is 0.386. The molecule has 0 spiro atoms. The van der Waals surface area contributed by atoms with Crippen LogP contribution in [0.2, 0.25) is 5.02 Å². The zero-order valence-electron chi connectivity index (χ0n) is 9.30. The zero-order valence-corrected chi connectivity index (χ0v) is 10.1. The quantitative estimate of drug-likeness (QED) is 0.650. The lowest BCUT2D eigenvalue weighted by molar-refractivity contribution is -0.385. The number of aliphatic hydroxyl groups is 1. The van der Waals surface area contributed by atoms with Crippen LogP contribution in [-0.2, 0) is 6.42 Å². The molecule has 1 aromatic rings. The smallest absolute Gasteiger partial charge is 0.274 e. The SMILES string of the molecule is O=[N+]([O-])c1cccc(Cl)c1CCC(O)C1CC1. The van der Waals surface area contributed by atoms with E-state index in [0.717, 1.165) is 12.8 Å². The van der Waals surface area contributed by atoms with Crippen LogP contribution < -0.4 is 0 Å². The second kappa shape index (κ2) is 5.02. The summed E-state index contributed by atoms with van der Waals surface area (Å²) in [6.07, 6.45) is 2.76. The maximum atomic E-state index is 10.8. The van der Waals surface area contributed by atoms with Gasteiger partial charge in [0, 0.05) is 11.6 Å². The predicted octanol–water partition coefficient (Wildman–Crippen LogP) is 2.95. The maximum absolute atomic E-state index is 10.8. The van der Waals surface area contributed by atoms with Crippen molar-refractivity contribution in [2.45, 2.75) is 31.8 Å². The molecule has 0 radical (unpaired) electrons. The van der Waals surface area contributed by atoms with E-state index in [1.54, 1.807) is 12.1 Å². The second-order valence-electron chi connectivity index (χ2n) is 4.44. The normalized spacial score (nSPS) is 16.8. The van der Waals surface area contributed by atoms with Crippen molar-refractivity contribution in [1.82, 2.24) is 0 Å². The summed E-state index contributed by atoms with van der Waals surface area (Å²) in [6, 6.07) is 4.67. The van der Waals surface area contributed by atoms with Gasteiger partial charge in [0.25, 0.3) is 5.69 Å². The maximum Gasteiger partial charge on any atom is 0.274 e. The molecule has 17 heavy (non-hydrogen) atoms. The molecule has 1 atom stereocenters. The van der Waals surface area contributed by atoms with Crippen molar-refractivity contribution >= 4 is 17.3 Å². The van der Waals surface area contributed by atoms with Gasteiger partial charge < -0.3 is 5.11 Å². The number of nitrogens with zero attached hydrogens (tertiary/aromatic N) is 1. The van der Waals surface area contributed by atoms with Crippen LogP contribution in [0, 0.1) is 16.0 Å². The lowest BCUT2D eigenvalue weighted by atomic mass is 10.0. The van der Waals surface area contributed by atoms with E-state index in [9.17, 15) is 15.2 Å². The molecule has 2 rings (SSSR count). The van der Waals surface area contributed by atoms with Crippen molar-refractivity contribution in [3.63, 3.8) is 0 Å². The molecule has 1 saturated carbocycles. The Kier molecular flexibility index (Phi) is 3.64. The third-order valence-corrected chi connectivity index (χ3v) is 3.50. The number of nitro benzene ring substituents is 1. The third-order valence-electron chi connectivity index (χ3n) is 3.15. The van der Waals surface area contributed by atoms with Crippen LogP contribution in [0.1, 0.15) is 24.8 Å². The first kappa shape index (κ1) is 12.3. The summed E-state index contributed by atoms with van der Waals surface area (Å²) < 4.78 is 0. The van der Waals surface area contributed by atoms with Crippen LogP contribution in [0.4, 0.5) is 5.69 Å². The van der Waals surface area contributed by atoms with E-state index in [0.29, 0.717) is 29.3 Å². The van der Waals surface area contributed by atoms with Crippen LogP contribution in [0.15, 0.2) is 18.2 Å². The van der Waals surface area contributed by atoms with Gasteiger partial charge in [0.1, 0.15) is 0 Å². The molecule has 5 heteroatoms. The molecular weight excluding hydrogens is 242 g/mol. The first-order chi connectivity index (χ1) is 8.09. The van der Waals surface area contributed by atoms with Gasteiger partial charge in [0.2, 0.25) is 0 Å². The molecule has 0 aromatic heterocycles. The molecule has 1 unspecified atom stereocenters. The van der Waals surface area contributed by atoms with Crippen LogP contribution in [0.5, 0.6) is 0 Å². The minimum Gasteiger partial charge on any atom is -0.393 e. The van der Waals surface area contributed by atoms with Crippen LogP contribution in [0.25, 0.3) is 0 Å². The van der Waals surface area contributed by atoms with Crippen molar-refractivity contribution in [3.05, 3.63) is 38.9 Å². The summed E-state index contributed by atoms with van der Waals surface area (Å²) in [5, 5.41) is 21.0. The second-order valence-corrected chi connectivity index (χ2v) is 4.85. The molecule has 1 fully saturated rings. The van der Waals surface area contributed by atoms with Crippen LogP contribution >= 0.6 is 11.6 Å². The average molecular weight is 256 g/mol. The molecule has 4 nitrogen and oxygen atoms in total. The van der Waals surface area contributed by atoms with E-state index in [1.165, 1.54) is 6.07 Å². The number of benzene rings is 1. The number of hydrogen-bond donors (Lipinski definition) is 1.